The normalized spacial score (nSPS) is 12.4. The van der Waals surface area contributed by atoms with Gasteiger partial charge in [0.15, 0.2) is 0 Å². The monoisotopic (exact) mass is 249 g/mol. The Bertz CT molecular complexity index is 307. The Morgan fingerprint density at radius 3 is 2.39 bits per heavy atom. The molecule has 102 valence electrons. The van der Waals surface area contributed by atoms with E-state index in [0.29, 0.717) is 6.04 Å². The minimum atomic E-state index is 0.652. The quantitative estimate of drug-likeness (QED) is 0.664. The first-order valence-corrected chi connectivity index (χ1v) is 7.16. The van der Waals surface area contributed by atoms with Crippen LogP contribution in [0.1, 0.15) is 51.5 Å². The van der Waals surface area contributed by atoms with E-state index in [4.69, 9.17) is 4.74 Å². The molecule has 0 amide bonds. The topological polar surface area (TPSA) is 21.3 Å². The van der Waals surface area contributed by atoms with Crippen LogP contribution in [0.15, 0.2) is 24.3 Å². The van der Waals surface area contributed by atoms with E-state index in [0.717, 1.165) is 12.3 Å². The summed E-state index contributed by atoms with van der Waals surface area (Å²) < 4.78 is 5.16. The highest BCUT2D eigenvalue weighted by Gasteiger charge is 2.05. The number of unbranched alkanes of at least 4 members (excludes halogenated alkanes) is 2. The SMILES string of the molecule is CCCCCC(CC)NCc1ccc(OC)cc1. The molecule has 1 unspecified atom stereocenters. The van der Waals surface area contributed by atoms with Gasteiger partial charge in [0.05, 0.1) is 7.11 Å². The maximum Gasteiger partial charge on any atom is 0.118 e. The molecule has 2 heteroatoms. The van der Waals surface area contributed by atoms with Crippen LogP contribution < -0.4 is 10.1 Å². The van der Waals surface area contributed by atoms with Gasteiger partial charge in [-0.25, -0.2) is 0 Å². The minimum absolute atomic E-state index is 0.652. The summed E-state index contributed by atoms with van der Waals surface area (Å²) in [7, 11) is 1.70. The Labute approximate surface area is 112 Å². The molecule has 0 aliphatic carbocycles. The number of rotatable bonds is 9. The van der Waals surface area contributed by atoms with Crippen LogP contribution in [-0.2, 0) is 6.54 Å². The van der Waals surface area contributed by atoms with Gasteiger partial charge in [0, 0.05) is 12.6 Å². The van der Waals surface area contributed by atoms with Crippen LogP contribution in [0.2, 0.25) is 0 Å². The maximum absolute atomic E-state index is 5.16. The molecule has 0 aliphatic rings. The van der Waals surface area contributed by atoms with Crippen molar-refractivity contribution in [2.45, 2.75) is 58.5 Å². The molecule has 0 radical (unpaired) electrons. The van der Waals surface area contributed by atoms with Crippen molar-refractivity contribution < 1.29 is 4.74 Å². The molecule has 0 aromatic heterocycles. The van der Waals surface area contributed by atoms with Crippen molar-refractivity contribution >= 4 is 0 Å². The summed E-state index contributed by atoms with van der Waals surface area (Å²) in [5.74, 6) is 0.925. The van der Waals surface area contributed by atoms with Crippen molar-refractivity contribution in [2.24, 2.45) is 0 Å². The lowest BCUT2D eigenvalue weighted by molar-refractivity contribution is 0.414. The highest BCUT2D eigenvalue weighted by molar-refractivity contribution is 5.27. The van der Waals surface area contributed by atoms with E-state index in [2.05, 4.69) is 31.3 Å². The molecule has 1 aromatic carbocycles. The fraction of sp³-hybridized carbons (Fsp3) is 0.625. The van der Waals surface area contributed by atoms with E-state index >= 15 is 0 Å². The molecular weight excluding hydrogens is 222 g/mol. The average molecular weight is 249 g/mol. The van der Waals surface area contributed by atoms with Crippen molar-refractivity contribution in [1.29, 1.82) is 0 Å². The molecule has 0 saturated carbocycles. The van der Waals surface area contributed by atoms with E-state index in [9.17, 15) is 0 Å². The van der Waals surface area contributed by atoms with Gasteiger partial charge in [0.1, 0.15) is 5.75 Å². The largest absolute Gasteiger partial charge is 0.497 e. The van der Waals surface area contributed by atoms with Crippen molar-refractivity contribution in [3.8, 4) is 5.75 Å². The van der Waals surface area contributed by atoms with Crippen LogP contribution in [-0.4, -0.2) is 13.2 Å². The number of nitrogens with one attached hydrogen (secondary N) is 1. The molecule has 1 rings (SSSR count). The first-order chi connectivity index (χ1) is 8.80. The van der Waals surface area contributed by atoms with Crippen LogP contribution >= 0.6 is 0 Å². The third-order valence-corrected chi connectivity index (χ3v) is 3.40. The van der Waals surface area contributed by atoms with Crippen LogP contribution in [0.4, 0.5) is 0 Å². The van der Waals surface area contributed by atoms with Crippen LogP contribution in [0.5, 0.6) is 5.75 Å². The van der Waals surface area contributed by atoms with Gasteiger partial charge in [-0.2, -0.15) is 0 Å². The molecule has 2 nitrogen and oxygen atoms in total. The standard InChI is InChI=1S/C16H27NO/c1-4-6-7-8-15(5-2)17-13-14-9-11-16(18-3)12-10-14/h9-12,15,17H,4-8,13H2,1-3H3. The van der Waals surface area contributed by atoms with Crippen LogP contribution in [0.25, 0.3) is 0 Å². The van der Waals surface area contributed by atoms with Gasteiger partial charge in [0.25, 0.3) is 0 Å². The lowest BCUT2D eigenvalue weighted by Gasteiger charge is -2.17. The Balaban J connectivity index is 2.32. The summed E-state index contributed by atoms with van der Waals surface area (Å²) in [6.45, 7) is 5.47. The first-order valence-electron chi connectivity index (χ1n) is 7.16. The number of hydrogen-bond donors (Lipinski definition) is 1. The smallest absolute Gasteiger partial charge is 0.118 e. The van der Waals surface area contributed by atoms with Gasteiger partial charge in [-0.05, 0) is 30.5 Å². The third kappa shape index (κ3) is 5.54. The third-order valence-electron chi connectivity index (χ3n) is 3.40. The van der Waals surface area contributed by atoms with Crippen molar-refractivity contribution in [3.05, 3.63) is 29.8 Å². The van der Waals surface area contributed by atoms with Gasteiger partial charge in [0.2, 0.25) is 0 Å². The molecule has 1 N–H and O–H groups in total. The number of methoxy groups -OCH3 is 1. The van der Waals surface area contributed by atoms with Crippen LogP contribution in [0, 0.1) is 0 Å². The van der Waals surface area contributed by atoms with Gasteiger partial charge < -0.3 is 10.1 Å². The number of benzene rings is 1. The highest BCUT2D eigenvalue weighted by Crippen LogP contribution is 2.12. The summed E-state index contributed by atoms with van der Waals surface area (Å²) in [6, 6.07) is 8.96. The van der Waals surface area contributed by atoms with E-state index in [-0.39, 0.29) is 0 Å². The van der Waals surface area contributed by atoms with Crippen molar-refractivity contribution in [3.63, 3.8) is 0 Å². The minimum Gasteiger partial charge on any atom is -0.497 e. The maximum atomic E-state index is 5.16. The zero-order valence-electron chi connectivity index (χ0n) is 12.0. The van der Waals surface area contributed by atoms with Crippen molar-refractivity contribution in [2.75, 3.05) is 7.11 Å². The summed E-state index contributed by atoms with van der Waals surface area (Å²) in [6.07, 6.45) is 6.49. The van der Waals surface area contributed by atoms with E-state index < -0.39 is 0 Å². The molecule has 0 bridgehead atoms. The van der Waals surface area contributed by atoms with E-state index in [1.165, 1.54) is 37.7 Å². The summed E-state index contributed by atoms with van der Waals surface area (Å²) in [5.41, 5.74) is 1.32. The highest BCUT2D eigenvalue weighted by atomic mass is 16.5. The second kappa shape index (κ2) is 8.98. The zero-order chi connectivity index (χ0) is 13.2. The molecule has 18 heavy (non-hydrogen) atoms. The van der Waals surface area contributed by atoms with E-state index in [1.54, 1.807) is 7.11 Å². The molecule has 0 aliphatic heterocycles. The molecule has 0 saturated heterocycles. The molecule has 0 spiro atoms. The Hall–Kier alpha value is -1.02. The molecule has 0 fully saturated rings. The Morgan fingerprint density at radius 1 is 1.11 bits per heavy atom. The fourth-order valence-corrected chi connectivity index (χ4v) is 2.10. The van der Waals surface area contributed by atoms with E-state index in [1.807, 2.05) is 12.1 Å². The summed E-state index contributed by atoms with van der Waals surface area (Å²) in [5, 5.41) is 3.64. The summed E-state index contributed by atoms with van der Waals surface area (Å²) >= 11 is 0. The van der Waals surface area contributed by atoms with Gasteiger partial charge >= 0.3 is 0 Å². The molecule has 0 heterocycles. The van der Waals surface area contributed by atoms with Gasteiger partial charge in [-0.3, -0.25) is 0 Å². The fourth-order valence-electron chi connectivity index (χ4n) is 2.10. The lowest BCUT2D eigenvalue weighted by atomic mass is 10.1. The van der Waals surface area contributed by atoms with Gasteiger partial charge in [-0.15, -0.1) is 0 Å². The summed E-state index contributed by atoms with van der Waals surface area (Å²) in [4.78, 5) is 0. The average Bonchev–Trinajstić information content (AvgIpc) is 2.43. The second-order valence-corrected chi connectivity index (χ2v) is 4.83. The molecule has 1 atom stereocenters. The Morgan fingerprint density at radius 2 is 1.83 bits per heavy atom. The number of ether oxygens (including phenoxy) is 1. The van der Waals surface area contributed by atoms with Gasteiger partial charge in [-0.1, -0.05) is 45.2 Å². The lowest BCUT2D eigenvalue weighted by Crippen LogP contribution is -2.27. The molecule has 1 aromatic rings. The number of hydrogen-bond acceptors (Lipinski definition) is 2. The van der Waals surface area contributed by atoms with Crippen molar-refractivity contribution in [1.82, 2.24) is 5.32 Å². The Kier molecular flexibility index (Phi) is 7.51. The molecular formula is C16H27NO. The predicted molar refractivity (Wildman–Crippen MR) is 78.1 cm³/mol. The second-order valence-electron chi connectivity index (χ2n) is 4.83. The zero-order valence-corrected chi connectivity index (χ0v) is 12.0. The first kappa shape index (κ1) is 15.0. The predicted octanol–water partition coefficient (Wildman–Crippen LogP) is 4.14. The van der Waals surface area contributed by atoms with Crippen LogP contribution in [0.3, 0.4) is 0 Å².